The molecular weight excluding hydrogens is 342 g/mol. The molecule has 8 heteroatoms. The summed E-state index contributed by atoms with van der Waals surface area (Å²) < 4.78 is 17.3. The first-order valence-corrected chi connectivity index (χ1v) is 8.49. The number of ether oxygens (including phenoxy) is 2. The average Bonchev–Trinajstić information content (AvgIpc) is 3.30. The molecule has 0 unspecified atom stereocenters. The summed E-state index contributed by atoms with van der Waals surface area (Å²) in [5.41, 5.74) is 0.864. The molecule has 2 aromatic heterocycles. The molecule has 0 atom stereocenters. The quantitative estimate of drug-likeness (QED) is 0.474. The van der Waals surface area contributed by atoms with Crippen LogP contribution in [0.1, 0.15) is 5.76 Å². The van der Waals surface area contributed by atoms with Crippen molar-refractivity contribution in [3.05, 3.63) is 48.4 Å². The Kier molecular flexibility index (Phi) is 5.39. The lowest BCUT2D eigenvalue weighted by atomic mass is 10.2. The van der Waals surface area contributed by atoms with Crippen LogP contribution >= 0.6 is 11.8 Å². The van der Waals surface area contributed by atoms with Crippen LogP contribution in [-0.2, 0) is 16.1 Å². The van der Waals surface area contributed by atoms with Gasteiger partial charge in [0, 0.05) is 5.56 Å². The standard InChI is InChI=1S/C17H17N3O4S/c1-22-13-6-3-5-12(9-13)16-18-19-17(25-11-15(21)23-2)20(16)10-14-7-4-8-24-14/h3-9H,10-11H2,1-2H3. The molecule has 0 radical (unpaired) electrons. The van der Waals surface area contributed by atoms with E-state index < -0.39 is 0 Å². The normalized spacial score (nSPS) is 10.6. The van der Waals surface area contributed by atoms with Crippen molar-refractivity contribution in [2.75, 3.05) is 20.0 Å². The summed E-state index contributed by atoms with van der Waals surface area (Å²) in [6.07, 6.45) is 1.62. The van der Waals surface area contributed by atoms with Gasteiger partial charge in [0.2, 0.25) is 0 Å². The second-order valence-electron chi connectivity index (χ2n) is 5.07. The zero-order valence-electron chi connectivity index (χ0n) is 13.8. The molecule has 25 heavy (non-hydrogen) atoms. The smallest absolute Gasteiger partial charge is 0.316 e. The minimum absolute atomic E-state index is 0.158. The monoisotopic (exact) mass is 359 g/mol. The molecule has 0 aliphatic rings. The van der Waals surface area contributed by atoms with Crippen molar-refractivity contribution >= 4 is 17.7 Å². The van der Waals surface area contributed by atoms with E-state index in [-0.39, 0.29) is 11.7 Å². The van der Waals surface area contributed by atoms with Crippen molar-refractivity contribution in [3.63, 3.8) is 0 Å². The molecule has 130 valence electrons. The van der Waals surface area contributed by atoms with Crippen molar-refractivity contribution in [1.82, 2.24) is 14.8 Å². The van der Waals surface area contributed by atoms with Gasteiger partial charge in [-0.3, -0.25) is 9.36 Å². The van der Waals surface area contributed by atoms with Gasteiger partial charge in [-0.1, -0.05) is 23.9 Å². The minimum atomic E-state index is -0.319. The highest BCUT2D eigenvalue weighted by Crippen LogP contribution is 2.27. The van der Waals surface area contributed by atoms with Crippen LogP contribution in [0.2, 0.25) is 0 Å². The maximum Gasteiger partial charge on any atom is 0.316 e. The van der Waals surface area contributed by atoms with Crippen LogP contribution in [0.15, 0.2) is 52.2 Å². The Morgan fingerprint density at radius 3 is 2.84 bits per heavy atom. The summed E-state index contributed by atoms with van der Waals surface area (Å²) in [5, 5.41) is 9.12. The lowest BCUT2D eigenvalue weighted by Gasteiger charge is -2.09. The third-order valence-corrected chi connectivity index (χ3v) is 4.43. The summed E-state index contributed by atoms with van der Waals surface area (Å²) in [6.45, 7) is 0.454. The maximum absolute atomic E-state index is 11.4. The predicted octanol–water partition coefficient (Wildman–Crippen LogP) is 2.86. The molecule has 1 aromatic carbocycles. The third-order valence-electron chi connectivity index (χ3n) is 3.49. The molecule has 0 aliphatic carbocycles. The Morgan fingerprint density at radius 1 is 1.24 bits per heavy atom. The van der Waals surface area contributed by atoms with Crippen molar-refractivity contribution < 1.29 is 18.7 Å². The number of aromatic nitrogens is 3. The molecule has 0 spiro atoms. The molecule has 7 nitrogen and oxygen atoms in total. The number of benzene rings is 1. The second-order valence-corrected chi connectivity index (χ2v) is 6.01. The fourth-order valence-electron chi connectivity index (χ4n) is 2.25. The van der Waals surface area contributed by atoms with Crippen LogP contribution in [0.4, 0.5) is 0 Å². The third kappa shape index (κ3) is 4.03. The van der Waals surface area contributed by atoms with Gasteiger partial charge in [-0.15, -0.1) is 10.2 Å². The van der Waals surface area contributed by atoms with Crippen LogP contribution in [0, 0.1) is 0 Å². The van der Waals surface area contributed by atoms with Gasteiger partial charge >= 0.3 is 5.97 Å². The van der Waals surface area contributed by atoms with Crippen LogP contribution in [0.3, 0.4) is 0 Å². The second kappa shape index (κ2) is 7.89. The molecule has 3 aromatic rings. The molecule has 0 saturated carbocycles. The van der Waals surface area contributed by atoms with Gasteiger partial charge in [0.15, 0.2) is 11.0 Å². The molecule has 0 N–H and O–H groups in total. The van der Waals surface area contributed by atoms with Gasteiger partial charge in [0.05, 0.1) is 32.8 Å². The number of nitrogens with zero attached hydrogens (tertiary/aromatic N) is 3. The van der Waals surface area contributed by atoms with E-state index in [1.807, 2.05) is 41.0 Å². The number of hydrogen-bond donors (Lipinski definition) is 0. The van der Waals surface area contributed by atoms with Crippen molar-refractivity contribution in [3.8, 4) is 17.1 Å². The van der Waals surface area contributed by atoms with Crippen molar-refractivity contribution in [2.24, 2.45) is 0 Å². The van der Waals surface area contributed by atoms with E-state index in [9.17, 15) is 4.79 Å². The molecule has 0 amide bonds. The summed E-state index contributed by atoms with van der Waals surface area (Å²) in [7, 11) is 2.97. The number of methoxy groups -OCH3 is 2. The number of esters is 1. The number of rotatable bonds is 7. The fraction of sp³-hybridized carbons (Fsp3) is 0.235. The number of carbonyl (C=O) groups excluding carboxylic acids is 1. The molecule has 0 bridgehead atoms. The van der Waals surface area contributed by atoms with Crippen LogP contribution < -0.4 is 4.74 Å². The number of carbonyl (C=O) groups is 1. The van der Waals surface area contributed by atoms with Gasteiger partial charge in [-0.05, 0) is 24.3 Å². The average molecular weight is 359 g/mol. The Hall–Kier alpha value is -2.74. The molecule has 3 rings (SSSR count). The first kappa shape index (κ1) is 17.1. The topological polar surface area (TPSA) is 79.4 Å². The zero-order valence-corrected chi connectivity index (χ0v) is 14.7. The lowest BCUT2D eigenvalue weighted by molar-refractivity contribution is -0.137. The van der Waals surface area contributed by atoms with Crippen LogP contribution in [0.25, 0.3) is 11.4 Å². The Morgan fingerprint density at radius 2 is 2.12 bits per heavy atom. The van der Waals surface area contributed by atoms with E-state index in [0.717, 1.165) is 17.1 Å². The van der Waals surface area contributed by atoms with E-state index in [0.29, 0.717) is 17.5 Å². The van der Waals surface area contributed by atoms with Gasteiger partial charge < -0.3 is 13.9 Å². The van der Waals surface area contributed by atoms with Crippen LogP contribution in [0.5, 0.6) is 5.75 Å². The first-order chi connectivity index (χ1) is 12.2. The van der Waals surface area contributed by atoms with E-state index in [1.54, 1.807) is 13.4 Å². The predicted molar refractivity (Wildman–Crippen MR) is 92.6 cm³/mol. The lowest BCUT2D eigenvalue weighted by Crippen LogP contribution is -2.07. The number of furan rings is 1. The number of hydrogen-bond acceptors (Lipinski definition) is 7. The SMILES string of the molecule is COC(=O)CSc1nnc(-c2cccc(OC)c2)n1Cc1ccco1. The van der Waals surface area contributed by atoms with Gasteiger partial charge in [-0.25, -0.2) is 0 Å². The highest BCUT2D eigenvalue weighted by Gasteiger charge is 2.17. The molecule has 2 heterocycles. The molecule has 0 aliphatic heterocycles. The van der Waals surface area contributed by atoms with Gasteiger partial charge in [0.1, 0.15) is 11.5 Å². The van der Waals surface area contributed by atoms with E-state index >= 15 is 0 Å². The largest absolute Gasteiger partial charge is 0.497 e. The zero-order chi connectivity index (χ0) is 17.6. The van der Waals surface area contributed by atoms with E-state index in [4.69, 9.17) is 9.15 Å². The summed E-state index contributed by atoms with van der Waals surface area (Å²) in [5.74, 6) is 2.01. The van der Waals surface area contributed by atoms with Crippen molar-refractivity contribution in [2.45, 2.75) is 11.7 Å². The Labute approximate surface area is 149 Å². The van der Waals surface area contributed by atoms with E-state index in [1.165, 1.54) is 18.9 Å². The maximum atomic E-state index is 11.4. The Bertz CT molecular complexity index is 845. The highest BCUT2D eigenvalue weighted by atomic mass is 32.2. The number of thioether (sulfide) groups is 1. The molecular formula is C17H17N3O4S. The summed E-state index contributed by atoms with van der Waals surface area (Å²) >= 11 is 1.27. The Balaban J connectivity index is 1.96. The highest BCUT2D eigenvalue weighted by molar-refractivity contribution is 7.99. The van der Waals surface area contributed by atoms with E-state index in [2.05, 4.69) is 14.9 Å². The molecule has 0 saturated heterocycles. The summed E-state index contributed by atoms with van der Waals surface area (Å²) in [4.78, 5) is 11.4. The molecule has 0 fully saturated rings. The minimum Gasteiger partial charge on any atom is -0.497 e. The van der Waals surface area contributed by atoms with Gasteiger partial charge in [0.25, 0.3) is 0 Å². The van der Waals surface area contributed by atoms with Crippen LogP contribution in [-0.4, -0.2) is 40.7 Å². The summed E-state index contributed by atoms with van der Waals surface area (Å²) in [6, 6.07) is 11.3. The fourth-order valence-corrected chi connectivity index (χ4v) is 3.02. The van der Waals surface area contributed by atoms with Crippen molar-refractivity contribution in [1.29, 1.82) is 0 Å². The first-order valence-electron chi connectivity index (χ1n) is 7.51. The van der Waals surface area contributed by atoms with Gasteiger partial charge in [-0.2, -0.15) is 0 Å².